The summed E-state index contributed by atoms with van der Waals surface area (Å²) < 4.78 is 24.7. The molecule has 7 heteroatoms. The number of sulfonamides is 1. The van der Waals surface area contributed by atoms with Gasteiger partial charge in [0.2, 0.25) is 15.9 Å². The second kappa shape index (κ2) is 7.07. The Kier molecular flexibility index (Phi) is 5.62. The van der Waals surface area contributed by atoms with Crippen molar-refractivity contribution in [3.05, 3.63) is 0 Å². The molecule has 1 aliphatic carbocycles. The molecule has 0 bridgehead atoms. The van der Waals surface area contributed by atoms with Crippen LogP contribution in [0.5, 0.6) is 0 Å². The second-order valence-electron chi connectivity index (χ2n) is 6.25. The molecule has 21 heavy (non-hydrogen) atoms. The summed E-state index contributed by atoms with van der Waals surface area (Å²) >= 11 is 0. The number of carbonyl (C=O) groups is 1. The molecule has 6 nitrogen and oxygen atoms in total. The second-order valence-corrected chi connectivity index (χ2v) is 8.43. The van der Waals surface area contributed by atoms with Gasteiger partial charge in [-0.15, -0.1) is 0 Å². The van der Waals surface area contributed by atoms with E-state index in [0.29, 0.717) is 19.1 Å². The zero-order valence-corrected chi connectivity index (χ0v) is 13.9. The van der Waals surface area contributed by atoms with Gasteiger partial charge in [-0.1, -0.05) is 12.8 Å². The Bertz CT molecular complexity index is 458. The SMILES string of the molecule is CN(C)S(=O)(=O)CC(=O)N1CCCN(C2CCCC2)CC1. The standard InChI is InChI=1S/C14H27N3O3S/c1-15(2)21(19,20)12-14(18)17-9-5-8-16(10-11-17)13-6-3-4-7-13/h13H,3-12H2,1-2H3. The molecule has 0 radical (unpaired) electrons. The lowest BCUT2D eigenvalue weighted by Crippen LogP contribution is -2.42. The summed E-state index contributed by atoms with van der Waals surface area (Å²) in [6, 6.07) is 0.672. The molecule has 2 fully saturated rings. The summed E-state index contributed by atoms with van der Waals surface area (Å²) in [5.41, 5.74) is 0. The van der Waals surface area contributed by atoms with Crippen LogP contribution in [0.4, 0.5) is 0 Å². The fraction of sp³-hybridized carbons (Fsp3) is 0.929. The predicted octanol–water partition coefficient (Wildman–Crippen LogP) is 0.355. The fourth-order valence-corrected chi connectivity index (χ4v) is 3.95. The number of hydrogen-bond acceptors (Lipinski definition) is 4. The van der Waals surface area contributed by atoms with Gasteiger partial charge in [-0.25, -0.2) is 12.7 Å². The normalized spacial score (nSPS) is 22.7. The van der Waals surface area contributed by atoms with Crippen molar-refractivity contribution in [3.63, 3.8) is 0 Å². The number of hydrogen-bond donors (Lipinski definition) is 0. The van der Waals surface area contributed by atoms with Crippen LogP contribution in [0.15, 0.2) is 0 Å². The monoisotopic (exact) mass is 317 g/mol. The molecule has 1 heterocycles. The smallest absolute Gasteiger partial charge is 0.239 e. The van der Waals surface area contributed by atoms with Gasteiger partial charge in [0.05, 0.1) is 0 Å². The maximum atomic E-state index is 12.2. The molecular formula is C14H27N3O3S. The molecule has 122 valence electrons. The molecule has 0 aromatic heterocycles. The van der Waals surface area contributed by atoms with Crippen molar-refractivity contribution in [1.82, 2.24) is 14.1 Å². The minimum atomic E-state index is -3.46. The van der Waals surface area contributed by atoms with E-state index in [4.69, 9.17) is 0 Å². The van der Waals surface area contributed by atoms with Gasteiger partial charge >= 0.3 is 0 Å². The largest absolute Gasteiger partial charge is 0.340 e. The van der Waals surface area contributed by atoms with E-state index in [1.54, 1.807) is 4.90 Å². The third-order valence-corrected chi connectivity index (χ3v) is 6.31. The van der Waals surface area contributed by atoms with Gasteiger partial charge in [0, 0.05) is 46.3 Å². The van der Waals surface area contributed by atoms with E-state index >= 15 is 0 Å². The van der Waals surface area contributed by atoms with Crippen LogP contribution >= 0.6 is 0 Å². The molecule has 1 amide bonds. The molecule has 2 rings (SSSR count). The Morgan fingerprint density at radius 3 is 2.33 bits per heavy atom. The van der Waals surface area contributed by atoms with Crippen molar-refractivity contribution in [2.24, 2.45) is 0 Å². The molecule has 1 saturated carbocycles. The maximum Gasteiger partial charge on any atom is 0.239 e. The summed E-state index contributed by atoms with van der Waals surface area (Å²) in [6.07, 6.45) is 6.09. The first-order chi connectivity index (χ1) is 9.90. The molecule has 0 spiro atoms. The molecule has 2 aliphatic rings. The Balaban J connectivity index is 1.89. The van der Waals surface area contributed by atoms with Crippen molar-refractivity contribution >= 4 is 15.9 Å². The quantitative estimate of drug-likeness (QED) is 0.751. The Hall–Kier alpha value is -0.660. The van der Waals surface area contributed by atoms with Gasteiger partial charge in [-0.2, -0.15) is 0 Å². The maximum absolute atomic E-state index is 12.2. The minimum absolute atomic E-state index is 0.267. The highest BCUT2D eigenvalue weighted by atomic mass is 32.2. The average molecular weight is 317 g/mol. The van der Waals surface area contributed by atoms with Gasteiger partial charge < -0.3 is 4.90 Å². The van der Waals surface area contributed by atoms with E-state index in [-0.39, 0.29) is 5.91 Å². The predicted molar refractivity (Wildman–Crippen MR) is 82.5 cm³/mol. The molecule has 0 aromatic rings. The van der Waals surface area contributed by atoms with Crippen molar-refractivity contribution in [3.8, 4) is 0 Å². The number of nitrogens with zero attached hydrogens (tertiary/aromatic N) is 3. The van der Waals surface area contributed by atoms with Crippen molar-refractivity contribution in [1.29, 1.82) is 0 Å². The van der Waals surface area contributed by atoms with Crippen LogP contribution in [0.3, 0.4) is 0 Å². The lowest BCUT2D eigenvalue weighted by molar-refractivity contribution is -0.128. The molecular weight excluding hydrogens is 290 g/mol. The minimum Gasteiger partial charge on any atom is -0.340 e. The van der Waals surface area contributed by atoms with E-state index in [2.05, 4.69) is 4.90 Å². The topological polar surface area (TPSA) is 60.9 Å². The highest BCUT2D eigenvalue weighted by molar-refractivity contribution is 7.89. The zero-order valence-electron chi connectivity index (χ0n) is 13.1. The summed E-state index contributed by atoms with van der Waals surface area (Å²) in [4.78, 5) is 16.4. The van der Waals surface area contributed by atoms with E-state index in [9.17, 15) is 13.2 Å². The number of amides is 1. The molecule has 1 aliphatic heterocycles. The zero-order chi connectivity index (χ0) is 15.5. The van der Waals surface area contributed by atoms with Crippen LogP contribution in [0.2, 0.25) is 0 Å². The van der Waals surface area contributed by atoms with Crippen LogP contribution in [-0.4, -0.2) is 80.5 Å². The Morgan fingerprint density at radius 1 is 1.05 bits per heavy atom. The first-order valence-corrected chi connectivity index (χ1v) is 9.43. The van der Waals surface area contributed by atoms with Crippen molar-refractivity contribution in [2.45, 2.75) is 38.1 Å². The first kappa shape index (κ1) is 16.7. The summed E-state index contributed by atoms with van der Waals surface area (Å²) in [6.45, 7) is 3.22. The molecule has 0 aromatic carbocycles. The van der Waals surface area contributed by atoms with E-state index in [1.807, 2.05) is 0 Å². The summed E-state index contributed by atoms with van der Waals surface area (Å²) in [5, 5.41) is 0. The highest BCUT2D eigenvalue weighted by Crippen LogP contribution is 2.24. The van der Waals surface area contributed by atoms with Crippen LogP contribution in [-0.2, 0) is 14.8 Å². The Labute approximate surface area is 128 Å². The van der Waals surface area contributed by atoms with Crippen LogP contribution in [0, 0.1) is 0 Å². The lowest BCUT2D eigenvalue weighted by atomic mass is 10.2. The van der Waals surface area contributed by atoms with Crippen LogP contribution in [0.25, 0.3) is 0 Å². The molecule has 0 atom stereocenters. The summed E-state index contributed by atoms with van der Waals surface area (Å²) in [7, 11) is -0.529. The lowest BCUT2D eigenvalue weighted by Gasteiger charge is -2.27. The third-order valence-electron chi connectivity index (χ3n) is 4.59. The molecule has 1 saturated heterocycles. The Morgan fingerprint density at radius 2 is 1.71 bits per heavy atom. The number of carbonyl (C=O) groups excluding carboxylic acids is 1. The van der Waals surface area contributed by atoms with Crippen molar-refractivity contribution in [2.75, 3.05) is 46.0 Å². The van der Waals surface area contributed by atoms with Crippen molar-refractivity contribution < 1.29 is 13.2 Å². The third kappa shape index (κ3) is 4.40. The summed E-state index contributed by atoms with van der Waals surface area (Å²) in [5.74, 6) is -0.680. The first-order valence-electron chi connectivity index (χ1n) is 7.82. The van der Waals surface area contributed by atoms with Crippen LogP contribution < -0.4 is 0 Å². The van der Waals surface area contributed by atoms with Gasteiger partial charge in [0.25, 0.3) is 0 Å². The average Bonchev–Trinajstić information content (AvgIpc) is 2.82. The molecule has 0 N–H and O–H groups in total. The van der Waals surface area contributed by atoms with Gasteiger partial charge in [0.1, 0.15) is 5.75 Å². The fourth-order valence-electron chi connectivity index (χ4n) is 3.20. The molecule has 0 unspecified atom stereocenters. The van der Waals surface area contributed by atoms with Crippen LogP contribution in [0.1, 0.15) is 32.1 Å². The highest BCUT2D eigenvalue weighted by Gasteiger charge is 2.28. The van der Waals surface area contributed by atoms with Gasteiger partial charge in [-0.3, -0.25) is 9.69 Å². The van der Waals surface area contributed by atoms with Gasteiger partial charge in [-0.05, 0) is 19.3 Å². The van der Waals surface area contributed by atoms with Gasteiger partial charge in [0.15, 0.2) is 0 Å². The van der Waals surface area contributed by atoms with E-state index in [1.165, 1.54) is 39.8 Å². The van der Waals surface area contributed by atoms with E-state index in [0.717, 1.165) is 23.8 Å². The van der Waals surface area contributed by atoms with E-state index < -0.39 is 15.8 Å². The number of rotatable bonds is 4.